The van der Waals surface area contributed by atoms with Crippen LogP contribution in [0.4, 0.5) is 0 Å². The lowest BCUT2D eigenvalue weighted by Crippen LogP contribution is -2.43. The van der Waals surface area contributed by atoms with Crippen LogP contribution in [0.5, 0.6) is 5.75 Å². The van der Waals surface area contributed by atoms with Gasteiger partial charge in [-0.1, -0.05) is 33.6 Å². The van der Waals surface area contributed by atoms with E-state index >= 15 is 0 Å². The van der Waals surface area contributed by atoms with Gasteiger partial charge in [0.15, 0.2) is 0 Å². The van der Waals surface area contributed by atoms with Gasteiger partial charge in [-0.15, -0.1) is 0 Å². The number of likely N-dealkylation sites (N-methyl/N-ethyl adjacent to an activating group) is 1. The molecular weight excluding hydrogens is 332 g/mol. The molecule has 0 amide bonds. The fourth-order valence-electron chi connectivity index (χ4n) is 2.65. The Morgan fingerprint density at radius 3 is 2.81 bits per heavy atom. The number of halogens is 1. The summed E-state index contributed by atoms with van der Waals surface area (Å²) < 4.78 is 5.99. The van der Waals surface area contributed by atoms with Gasteiger partial charge in [0, 0.05) is 23.0 Å². The molecule has 0 saturated heterocycles. The lowest BCUT2D eigenvalue weighted by atomic mass is 10.0. The fourth-order valence-corrected chi connectivity index (χ4v) is 3.00. The lowest BCUT2D eigenvalue weighted by Gasteiger charge is -2.24. The van der Waals surface area contributed by atoms with Crippen molar-refractivity contribution in [3.05, 3.63) is 28.8 Å². The molecule has 1 fully saturated rings. The van der Waals surface area contributed by atoms with Crippen LogP contribution in [0.15, 0.2) is 12.1 Å². The zero-order valence-electron chi connectivity index (χ0n) is 13.4. The summed E-state index contributed by atoms with van der Waals surface area (Å²) in [5.74, 6) is 0.342. The molecule has 0 heterocycles. The van der Waals surface area contributed by atoms with Gasteiger partial charge in [0.25, 0.3) is 0 Å². The van der Waals surface area contributed by atoms with E-state index in [2.05, 4.69) is 33.3 Å². The van der Waals surface area contributed by atoms with E-state index in [-0.39, 0.29) is 16.5 Å². The molecule has 1 aromatic carbocycles. The Hall–Kier alpha value is -0.620. The lowest BCUT2D eigenvalue weighted by molar-refractivity contribution is 0.0471. The van der Waals surface area contributed by atoms with Crippen molar-refractivity contribution in [1.29, 1.82) is 0 Å². The summed E-state index contributed by atoms with van der Waals surface area (Å²) in [6, 6.07) is 4.00. The van der Waals surface area contributed by atoms with Crippen LogP contribution in [-0.2, 0) is 11.3 Å². The molecule has 5 heteroatoms. The van der Waals surface area contributed by atoms with E-state index in [4.69, 9.17) is 4.74 Å². The first-order chi connectivity index (χ1) is 9.79. The summed E-state index contributed by atoms with van der Waals surface area (Å²) in [7, 11) is 3.94. The smallest absolute Gasteiger partial charge is 0.125 e. The highest BCUT2D eigenvalue weighted by Gasteiger charge is 2.54. The molecule has 0 radical (unpaired) electrons. The number of hydrazine groups is 1. The predicted octanol–water partition coefficient (Wildman–Crippen LogP) is 3.27. The highest BCUT2D eigenvalue weighted by atomic mass is 79.9. The van der Waals surface area contributed by atoms with E-state index in [1.165, 1.54) is 0 Å². The van der Waals surface area contributed by atoms with Crippen LogP contribution in [0.25, 0.3) is 0 Å². The molecule has 0 spiro atoms. The number of hydrogen-bond acceptors (Lipinski definition) is 4. The average Bonchev–Trinajstić information content (AvgIpc) is 3.10. The van der Waals surface area contributed by atoms with Gasteiger partial charge in [-0.2, -0.15) is 0 Å². The standard InChI is InChI=1S/C16H25BrN2O2/c1-10-6-12(15(20)13(7-10)11(2)17)9-21-14-8-16(14,3)19(5)18-4/h6-7,11,14,18,20H,8-9H2,1-5H3/t11?,14?,16-/m0/s1. The first-order valence-corrected chi connectivity index (χ1v) is 8.20. The molecule has 2 rings (SSSR count). The number of ether oxygens (including phenoxy) is 1. The number of phenols is 1. The highest BCUT2D eigenvalue weighted by Crippen LogP contribution is 2.43. The van der Waals surface area contributed by atoms with Gasteiger partial charge in [-0.05, 0) is 34.2 Å². The summed E-state index contributed by atoms with van der Waals surface area (Å²) in [5.41, 5.74) is 6.09. The van der Waals surface area contributed by atoms with Crippen LogP contribution in [0.1, 0.15) is 41.8 Å². The normalized spacial score (nSPS) is 26.1. The van der Waals surface area contributed by atoms with Crippen molar-refractivity contribution in [2.24, 2.45) is 0 Å². The third-order valence-electron chi connectivity index (χ3n) is 4.47. The highest BCUT2D eigenvalue weighted by molar-refractivity contribution is 9.09. The molecule has 0 bridgehead atoms. The predicted molar refractivity (Wildman–Crippen MR) is 88.6 cm³/mol. The van der Waals surface area contributed by atoms with Crippen molar-refractivity contribution in [3.63, 3.8) is 0 Å². The molecule has 1 aliphatic carbocycles. The van der Waals surface area contributed by atoms with Crippen LogP contribution >= 0.6 is 15.9 Å². The van der Waals surface area contributed by atoms with E-state index in [1.807, 2.05) is 40.1 Å². The quantitative estimate of drug-likeness (QED) is 0.606. The number of aryl methyl sites for hydroxylation is 1. The maximum absolute atomic E-state index is 10.4. The van der Waals surface area contributed by atoms with Crippen molar-refractivity contribution < 1.29 is 9.84 Å². The largest absolute Gasteiger partial charge is 0.507 e. The molecule has 118 valence electrons. The van der Waals surface area contributed by atoms with Gasteiger partial charge in [-0.3, -0.25) is 5.43 Å². The minimum Gasteiger partial charge on any atom is -0.507 e. The number of benzene rings is 1. The Bertz CT molecular complexity index is 521. The molecule has 1 aliphatic rings. The summed E-state index contributed by atoms with van der Waals surface area (Å²) in [6.45, 7) is 6.67. The van der Waals surface area contributed by atoms with E-state index in [9.17, 15) is 5.11 Å². The molecule has 1 saturated carbocycles. The van der Waals surface area contributed by atoms with Gasteiger partial charge in [0.2, 0.25) is 0 Å². The van der Waals surface area contributed by atoms with Crippen molar-refractivity contribution in [2.75, 3.05) is 14.1 Å². The second-order valence-electron chi connectivity index (χ2n) is 6.12. The third-order valence-corrected chi connectivity index (χ3v) is 4.96. The van der Waals surface area contributed by atoms with Gasteiger partial charge in [-0.25, -0.2) is 5.01 Å². The van der Waals surface area contributed by atoms with Crippen molar-refractivity contribution in [1.82, 2.24) is 10.4 Å². The number of rotatable bonds is 6. The van der Waals surface area contributed by atoms with Crippen LogP contribution in [0, 0.1) is 6.92 Å². The van der Waals surface area contributed by atoms with Crippen LogP contribution < -0.4 is 5.43 Å². The molecule has 1 aromatic rings. The van der Waals surface area contributed by atoms with Crippen molar-refractivity contribution >= 4 is 15.9 Å². The second kappa shape index (κ2) is 6.24. The second-order valence-corrected chi connectivity index (χ2v) is 7.49. The van der Waals surface area contributed by atoms with E-state index in [1.54, 1.807) is 0 Å². The maximum Gasteiger partial charge on any atom is 0.125 e. The maximum atomic E-state index is 10.4. The first kappa shape index (κ1) is 16.7. The Kier molecular flexibility index (Phi) is 4.98. The molecule has 0 aromatic heterocycles. The number of aromatic hydroxyl groups is 1. The summed E-state index contributed by atoms with van der Waals surface area (Å²) in [4.78, 5) is 0.123. The van der Waals surface area contributed by atoms with E-state index in [0.717, 1.165) is 23.1 Å². The van der Waals surface area contributed by atoms with Crippen LogP contribution in [-0.4, -0.2) is 35.9 Å². The number of phenolic OH excluding ortho intramolecular Hbond substituents is 1. The van der Waals surface area contributed by atoms with Gasteiger partial charge in [0.05, 0.1) is 18.2 Å². The number of alkyl halides is 1. The molecule has 3 atom stereocenters. The SMILES string of the molecule is CNN(C)[C@@]1(C)CC1OCc1cc(C)cc(C(C)Br)c1O. The molecule has 4 nitrogen and oxygen atoms in total. The zero-order valence-corrected chi connectivity index (χ0v) is 15.0. The summed E-state index contributed by atoms with van der Waals surface area (Å²) in [6.07, 6.45) is 1.19. The van der Waals surface area contributed by atoms with Crippen LogP contribution in [0.3, 0.4) is 0 Å². The third kappa shape index (κ3) is 3.42. The van der Waals surface area contributed by atoms with Crippen LogP contribution in [0.2, 0.25) is 0 Å². The van der Waals surface area contributed by atoms with Gasteiger partial charge in [0.1, 0.15) is 5.75 Å². The molecule has 0 aliphatic heterocycles. The topological polar surface area (TPSA) is 44.7 Å². The Morgan fingerprint density at radius 1 is 1.57 bits per heavy atom. The summed E-state index contributed by atoms with van der Waals surface area (Å²) in [5, 5.41) is 12.5. The zero-order chi connectivity index (χ0) is 15.8. The molecule has 2 N–H and O–H groups in total. The summed E-state index contributed by atoms with van der Waals surface area (Å²) >= 11 is 3.52. The Labute approximate surface area is 135 Å². The first-order valence-electron chi connectivity index (χ1n) is 7.29. The Morgan fingerprint density at radius 2 is 2.24 bits per heavy atom. The molecule has 21 heavy (non-hydrogen) atoms. The average molecular weight is 357 g/mol. The monoisotopic (exact) mass is 356 g/mol. The van der Waals surface area contributed by atoms with E-state index in [0.29, 0.717) is 12.4 Å². The van der Waals surface area contributed by atoms with Crippen molar-refractivity contribution in [2.45, 2.75) is 50.3 Å². The minimum atomic E-state index is 0.0414. The van der Waals surface area contributed by atoms with Gasteiger partial charge < -0.3 is 9.84 Å². The van der Waals surface area contributed by atoms with Gasteiger partial charge >= 0.3 is 0 Å². The number of nitrogens with zero attached hydrogens (tertiary/aromatic N) is 1. The number of nitrogens with one attached hydrogen (secondary N) is 1. The van der Waals surface area contributed by atoms with Crippen molar-refractivity contribution in [3.8, 4) is 5.75 Å². The molecular formula is C16H25BrN2O2. The number of hydrogen-bond donors (Lipinski definition) is 2. The molecule has 2 unspecified atom stereocenters. The van der Waals surface area contributed by atoms with E-state index < -0.39 is 0 Å². The Balaban J connectivity index is 2.05. The minimum absolute atomic E-state index is 0.0414. The fraction of sp³-hybridized carbons (Fsp3) is 0.625.